The molecule has 2 atom stereocenters. The van der Waals surface area contributed by atoms with Crippen molar-refractivity contribution in [3.05, 3.63) is 18.0 Å². The Morgan fingerprint density at radius 1 is 1.53 bits per heavy atom. The molecule has 0 aliphatic carbocycles. The predicted molar refractivity (Wildman–Crippen MR) is 77.1 cm³/mol. The Morgan fingerprint density at radius 2 is 2.42 bits per heavy atom. The second-order valence-corrected chi connectivity index (χ2v) is 5.45. The Hall–Kier alpha value is -0.870. The van der Waals surface area contributed by atoms with Gasteiger partial charge in [0.15, 0.2) is 0 Å². The molecule has 1 aliphatic rings. The summed E-state index contributed by atoms with van der Waals surface area (Å²) in [6, 6.07) is 2.52. The van der Waals surface area contributed by atoms with Crippen LogP contribution >= 0.6 is 0 Å². The molecule has 0 bridgehead atoms. The number of rotatable bonds is 7. The number of aryl methyl sites for hydroxylation is 1. The summed E-state index contributed by atoms with van der Waals surface area (Å²) in [5, 5.41) is 7.92. The van der Waals surface area contributed by atoms with Crippen LogP contribution < -0.4 is 5.32 Å². The lowest BCUT2D eigenvalue weighted by atomic mass is 10.00. The van der Waals surface area contributed by atoms with Crippen LogP contribution in [0.2, 0.25) is 0 Å². The van der Waals surface area contributed by atoms with E-state index in [1.807, 2.05) is 17.9 Å². The number of nitrogens with one attached hydrogen (secondary N) is 1. The average molecular weight is 265 g/mol. The van der Waals surface area contributed by atoms with Gasteiger partial charge in [-0.05, 0) is 51.1 Å². The normalized spacial score (nSPS) is 21.5. The van der Waals surface area contributed by atoms with Gasteiger partial charge in [0.2, 0.25) is 0 Å². The third kappa shape index (κ3) is 4.32. The summed E-state index contributed by atoms with van der Waals surface area (Å²) in [6.07, 6.45) is 9.57. The van der Waals surface area contributed by atoms with Gasteiger partial charge >= 0.3 is 0 Å². The summed E-state index contributed by atoms with van der Waals surface area (Å²) in [7, 11) is 2.02. The Kier molecular flexibility index (Phi) is 5.86. The van der Waals surface area contributed by atoms with E-state index in [0.29, 0.717) is 12.1 Å². The Bertz CT molecular complexity index is 358. The monoisotopic (exact) mass is 265 g/mol. The second-order valence-electron chi connectivity index (χ2n) is 5.45. The zero-order chi connectivity index (χ0) is 13.5. The summed E-state index contributed by atoms with van der Waals surface area (Å²) in [6.45, 7) is 4.21. The minimum Gasteiger partial charge on any atom is -0.378 e. The van der Waals surface area contributed by atoms with Crippen LogP contribution in [0, 0.1) is 0 Å². The maximum atomic E-state index is 5.83. The van der Waals surface area contributed by atoms with Gasteiger partial charge in [0.05, 0.1) is 11.8 Å². The van der Waals surface area contributed by atoms with E-state index in [2.05, 4.69) is 23.4 Å². The van der Waals surface area contributed by atoms with Crippen LogP contribution in [0.1, 0.15) is 57.2 Å². The molecular formula is C15H27N3O. The molecule has 1 aromatic heterocycles. The molecule has 0 amide bonds. The summed E-state index contributed by atoms with van der Waals surface area (Å²) >= 11 is 0. The Balaban J connectivity index is 1.88. The number of ether oxygens (including phenoxy) is 1. The van der Waals surface area contributed by atoms with Crippen molar-refractivity contribution >= 4 is 0 Å². The van der Waals surface area contributed by atoms with Gasteiger partial charge in [0.1, 0.15) is 0 Å². The standard InChI is InChI=1S/C15H27N3O/c1-3-10-16-14(15-9-11-17-18(15)2)8-7-13-6-4-5-12-19-13/h9,11,13-14,16H,3-8,10,12H2,1-2H3. The van der Waals surface area contributed by atoms with E-state index in [4.69, 9.17) is 4.74 Å². The molecule has 4 nitrogen and oxygen atoms in total. The molecule has 2 rings (SSSR count). The van der Waals surface area contributed by atoms with Crippen LogP contribution in [-0.2, 0) is 11.8 Å². The smallest absolute Gasteiger partial charge is 0.0575 e. The molecule has 1 aromatic rings. The minimum atomic E-state index is 0.401. The Morgan fingerprint density at radius 3 is 3.05 bits per heavy atom. The van der Waals surface area contributed by atoms with Crippen LogP contribution in [0.15, 0.2) is 12.3 Å². The van der Waals surface area contributed by atoms with E-state index in [1.54, 1.807) is 0 Å². The highest BCUT2D eigenvalue weighted by molar-refractivity contribution is 5.06. The molecule has 1 N–H and O–H groups in total. The summed E-state index contributed by atoms with van der Waals surface area (Å²) < 4.78 is 7.81. The SMILES string of the molecule is CCCNC(CCC1CCCCO1)c1ccnn1C. The van der Waals surface area contributed by atoms with Gasteiger partial charge in [-0.2, -0.15) is 5.10 Å². The molecule has 0 aromatic carbocycles. The van der Waals surface area contributed by atoms with Crippen LogP contribution in [0.25, 0.3) is 0 Å². The van der Waals surface area contributed by atoms with E-state index in [0.717, 1.165) is 32.4 Å². The minimum absolute atomic E-state index is 0.401. The van der Waals surface area contributed by atoms with E-state index in [9.17, 15) is 0 Å². The van der Waals surface area contributed by atoms with Crippen LogP contribution in [0.3, 0.4) is 0 Å². The van der Waals surface area contributed by atoms with Gasteiger partial charge < -0.3 is 10.1 Å². The Labute approximate surface area is 116 Å². The second kappa shape index (κ2) is 7.65. The highest BCUT2D eigenvalue weighted by Gasteiger charge is 2.19. The van der Waals surface area contributed by atoms with Crippen LogP contribution in [0.4, 0.5) is 0 Å². The first-order chi connectivity index (χ1) is 9.31. The fourth-order valence-corrected chi connectivity index (χ4v) is 2.79. The molecule has 19 heavy (non-hydrogen) atoms. The topological polar surface area (TPSA) is 39.1 Å². The van der Waals surface area contributed by atoms with Gasteiger partial charge in [-0.15, -0.1) is 0 Å². The molecule has 1 fully saturated rings. The van der Waals surface area contributed by atoms with Crippen molar-refractivity contribution in [2.24, 2.45) is 7.05 Å². The predicted octanol–water partition coefficient (Wildman–Crippen LogP) is 2.81. The highest BCUT2D eigenvalue weighted by Crippen LogP contribution is 2.23. The summed E-state index contributed by atoms with van der Waals surface area (Å²) in [5.41, 5.74) is 1.28. The average Bonchev–Trinajstić information content (AvgIpc) is 2.86. The quantitative estimate of drug-likeness (QED) is 0.824. The van der Waals surface area contributed by atoms with E-state index in [-0.39, 0.29) is 0 Å². The van der Waals surface area contributed by atoms with Gasteiger partial charge in [-0.3, -0.25) is 4.68 Å². The van der Waals surface area contributed by atoms with Gasteiger partial charge in [0, 0.05) is 25.9 Å². The van der Waals surface area contributed by atoms with Crippen molar-refractivity contribution < 1.29 is 4.74 Å². The van der Waals surface area contributed by atoms with Crippen molar-refractivity contribution in [1.29, 1.82) is 0 Å². The molecule has 0 spiro atoms. The highest BCUT2D eigenvalue weighted by atomic mass is 16.5. The van der Waals surface area contributed by atoms with E-state index in [1.165, 1.54) is 25.0 Å². The molecule has 1 aliphatic heterocycles. The van der Waals surface area contributed by atoms with Crippen molar-refractivity contribution in [1.82, 2.24) is 15.1 Å². The molecular weight excluding hydrogens is 238 g/mol. The summed E-state index contributed by atoms with van der Waals surface area (Å²) in [5.74, 6) is 0. The van der Waals surface area contributed by atoms with Crippen molar-refractivity contribution in [3.8, 4) is 0 Å². The number of aromatic nitrogens is 2. The zero-order valence-corrected chi connectivity index (χ0v) is 12.3. The fraction of sp³-hybridized carbons (Fsp3) is 0.800. The summed E-state index contributed by atoms with van der Waals surface area (Å²) in [4.78, 5) is 0. The van der Waals surface area contributed by atoms with Crippen molar-refractivity contribution in [3.63, 3.8) is 0 Å². The van der Waals surface area contributed by atoms with E-state index >= 15 is 0 Å². The van der Waals surface area contributed by atoms with Crippen LogP contribution in [-0.4, -0.2) is 29.0 Å². The van der Waals surface area contributed by atoms with Crippen LogP contribution in [0.5, 0.6) is 0 Å². The lowest BCUT2D eigenvalue weighted by molar-refractivity contribution is 0.00842. The molecule has 2 unspecified atom stereocenters. The number of hydrogen-bond acceptors (Lipinski definition) is 3. The number of nitrogens with zero attached hydrogens (tertiary/aromatic N) is 2. The third-order valence-electron chi connectivity index (χ3n) is 3.91. The number of hydrogen-bond donors (Lipinski definition) is 1. The fourth-order valence-electron chi connectivity index (χ4n) is 2.79. The maximum Gasteiger partial charge on any atom is 0.0575 e. The largest absolute Gasteiger partial charge is 0.378 e. The van der Waals surface area contributed by atoms with E-state index < -0.39 is 0 Å². The molecule has 4 heteroatoms. The van der Waals surface area contributed by atoms with Gasteiger partial charge in [-0.25, -0.2) is 0 Å². The maximum absolute atomic E-state index is 5.83. The van der Waals surface area contributed by atoms with Gasteiger partial charge in [0.25, 0.3) is 0 Å². The first kappa shape index (κ1) is 14.5. The third-order valence-corrected chi connectivity index (χ3v) is 3.91. The first-order valence-corrected chi connectivity index (χ1v) is 7.64. The molecule has 108 valence electrons. The van der Waals surface area contributed by atoms with Gasteiger partial charge in [-0.1, -0.05) is 6.92 Å². The lowest BCUT2D eigenvalue weighted by Crippen LogP contribution is -2.27. The molecule has 0 saturated carbocycles. The molecule has 0 radical (unpaired) electrons. The van der Waals surface area contributed by atoms with Crippen molar-refractivity contribution in [2.45, 2.75) is 57.6 Å². The zero-order valence-electron chi connectivity index (χ0n) is 12.3. The molecule has 1 saturated heterocycles. The lowest BCUT2D eigenvalue weighted by Gasteiger charge is -2.25. The first-order valence-electron chi connectivity index (χ1n) is 7.64. The van der Waals surface area contributed by atoms with Crippen molar-refractivity contribution in [2.75, 3.05) is 13.2 Å². The molecule has 2 heterocycles.